The van der Waals surface area contributed by atoms with Crippen molar-refractivity contribution in [1.82, 2.24) is 5.32 Å². The molecule has 0 radical (unpaired) electrons. The minimum atomic E-state index is -0.304. The van der Waals surface area contributed by atoms with Crippen LogP contribution in [0.5, 0.6) is 5.75 Å². The lowest BCUT2D eigenvalue weighted by Gasteiger charge is -2.18. The van der Waals surface area contributed by atoms with E-state index in [2.05, 4.69) is 32.2 Å². The van der Waals surface area contributed by atoms with E-state index in [0.29, 0.717) is 18.9 Å². The van der Waals surface area contributed by atoms with Gasteiger partial charge in [0.2, 0.25) is 0 Å². The maximum Gasteiger partial charge on any atom is 0.322 e. The van der Waals surface area contributed by atoms with Gasteiger partial charge in [-0.2, -0.15) is 0 Å². The summed E-state index contributed by atoms with van der Waals surface area (Å²) in [7, 11) is 1.41. The first-order valence-corrected chi connectivity index (χ1v) is 7.63. The molecule has 1 N–H and O–H groups in total. The van der Waals surface area contributed by atoms with Crippen LogP contribution in [0.2, 0.25) is 0 Å². The van der Waals surface area contributed by atoms with Crippen molar-refractivity contribution in [2.24, 2.45) is 0 Å². The van der Waals surface area contributed by atoms with E-state index in [1.54, 1.807) is 0 Å². The van der Waals surface area contributed by atoms with Crippen LogP contribution in [0.25, 0.3) is 0 Å². The highest BCUT2D eigenvalue weighted by atomic mass is 16.5. The van der Waals surface area contributed by atoms with Crippen LogP contribution in [-0.4, -0.2) is 32.3 Å². The normalized spacial score (nSPS) is 12.2. The van der Waals surface area contributed by atoms with E-state index in [1.165, 1.54) is 12.7 Å². The fourth-order valence-electron chi connectivity index (χ4n) is 2.14. The number of benzene rings is 1. The van der Waals surface area contributed by atoms with Crippen molar-refractivity contribution in [2.75, 3.05) is 20.3 Å². The molecule has 1 unspecified atom stereocenters. The number of hydrogen-bond acceptors (Lipinski definition) is 4. The molecule has 1 aromatic rings. The molecule has 4 nitrogen and oxygen atoms in total. The van der Waals surface area contributed by atoms with Crippen molar-refractivity contribution >= 4 is 5.97 Å². The van der Waals surface area contributed by atoms with Gasteiger partial charge >= 0.3 is 5.97 Å². The summed E-state index contributed by atoms with van der Waals surface area (Å²) in [6, 6.07) is 7.73. The lowest BCUT2D eigenvalue weighted by atomic mass is 10.0. The van der Waals surface area contributed by atoms with Crippen LogP contribution in [0.4, 0.5) is 0 Å². The zero-order chi connectivity index (χ0) is 15.7. The molecule has 1 aromatic carbocycles. The van der Waals surface area contributed by atoms with Crippen LogP contribution in [0, 0.1) is 0 Å². The maximum atomic E-state index is 11.7. The summed E-state index contributed by atoms with van der Waals surface area (Å²) in [6.45, 7) is 7.63. The molecule has 0 aliphatic heterocycles. The highest BCUT2D eigenvalue weighted by Crippen LogP contribution is 2.25. The van der Waals surface area contributed by atoms with Crippen LogP contribution in [0.1, 0.15) is 45.1 Å². The van der Waals surface area contributed by atoms with E-state index >= 15 is 0 Å². The van der Waals surface area contributed by atoms with E-state index in [-0.39, 0.29) is 12.0 Å². The number of para-hydroxylation sites is 1. The van der Waals surface area contributed by atoms with Gasteiger partial charge in [-0.3, -0.25) is 4.79 Å². The molecule has 21 heavy (non-hydrogen) atoms. The number of nitrogens with one attached hydrogen (secondary N) is 1. The molecule has 0 saturated carbocycles. The number of esters is 1. The smallest absolute Gasteiger partial charge is 0.322 e. The Balaban J connectivity index is 2.55. The first kappa shape index (κ1) is 17.5. The number of methoxy groups -OCH3 is 1. The zero-order valence-corrected chi connectivity index (χ0v) is 13.5. The third kappa shape index (κ3) is 5.76. The molecule has 1 atom stereocenters. The topological polar surface area (TPSA) is 47.6 Å². The Kier molecular flexibility index (Phi) is 7.83. The molecule has 0 aliphatic rings. The summed E-state index contributed by atoms with van der Waals surface area (Å²) in [5.41, 5.74) is 1.19. The highest BCUT2D eigenvalue weighted by molar-refractivity contribution is 5.75. The largest absolute Gasteiger partial charge is 0.493 e. The van der Waals surface area contributed by atoms with Crippen molar-refractivity contribution in [3.63, 3.8) is 0 Å². The van der Waals surface area contributed by atoms with Gasteiger partial charge < -0.3 is 14.8 Å². The van der Waals surface area contributed by atoms with Gasteiger partial charge in [-0.15, -0.1) is 0 Å². The Morgan fingerprint density at radius 1 is 1.29 bits per heavy atom. The molecular weight excluding hydrogens is 266 g/mol. The van der Waals surface area contributed by atoms with Gasteiger partial charge in [0, 0.05) is 6.42 Å². The molecule has 0 saturated heterocycles. The minimum absolute atomic E-state index is 0.232. The van der Waals surface area contributed by atoms with Crippen molar-refractivity contribution in [2.45, 2.75) is 45.6 Å². The van der Waals surface area contributed by atoms with Gasteiger partial charge in [0.25, 0.3) is 0 Å². The van der Waals surface area contributed by atoms with Crippen molar-refractivity contribution in [3.8, 4) is 5.75 Å². The van der Waals surface area contributed by atoms with Crippen LogP contribution >= 0.6 is 0 Å². The lowest BCUT2D eigenvalue weighted by molar-refractivity contribution is -0.143. The Hall–Kier alpha value is -1.55. The summed E-state index contributed by atoms with van der Waals surface area (Å²) in [6.07, 6.45) is 1.57. The third-order valence-electron chi connectivity index (χ3n) is 3.33. The molecule has 0 bridgehead atoms. The molecule has 0 heterocycles. The summed E-state index contributed by atoms with van der Waals surface area (Å²) in [5, 5.41) is 3.19. The fourth-order valence-corrected chi connectivity index (χ4v) is 2.14. The Bertz CT molecular complexity index is 432. The number of ether oxygens (including phenoxy) is 2. The van der Waals surface area contributed by atoms with Crippen LogP contribution in [0.3, 0.4) is 0 Å². The van der Waals surface area contributed by atoms with Gasteiger partial charge in [0.15, 0.2) is 0 Å². The Morgan fingerprint density at radius 3 is 2.62 bits per heavy atom. The van der Waals surface area contributed by atoms with Crippen LogP contribution < -0.4 is 10.1 Å². The van der Waals surface area contributed by atoms with Gasteiger partial charge in [-0.25, -0.2) is 0 Å². The number of carbonyl (C=O) groups is 1. The van der Waals surface area contributed by atoms with E-state index in [4.69, 9.17) is 9.47 Å². The standard InChI is InChI=1S/C17H27NO3/c1-5-11-18-15(17(19)20-4)10-12-21-16-9-7-6-8-14(16)13(2)3/h6-9,13,15,18H,5,10-12H2,1-4H3. The van der Waals surface area contributed by atoms with Crippen molar-refractivity contribution in [3.05, 3.63) is 29.8 Å². The van der Waals surface area contributed by atoms with E-state index in [0.717, 1.165) is 18.7 Å². The second-order valence-electron chi connectivity index (χ2n) is 5.36. The Labute approximate surface area is 127 Å². The molecule has 0 aromatic heterocycles. The Morgan fingerprint density at radius 2 is 2.00 bits per heavy atom. The second kappa shape index (κ2) is 9.40. The second-order valence-corrected chi connectivity index (χ2v) is 5.36. The fraction of sp³-hybridized carbons (Fsp3) is 0.588. The van der Waals surface area contributed by atoms with Gasteiger partial charge in [0.05, 0.1) is 13.7 Å². The third-order valence-corrected chi connectivity index (χ3v) is 3.33. The molecule has 4 heteroatoms. The first-order chi connectivity index (χ1) is 10.1. The lowest BCUT2D eigenvalue weighted by Crippen LogP contribution is -2.39. The SMILES string of the molecule is CCCNC(CCOc1ccccc1C(C)C)C(=O)OC. The monoisotopic (exact) mass is 293 g/mol. The van der Waals surface area contributed by atoms with Gasteiger partial charge in [0.1, 0.15) is 11.8 Å². The molecule has 0 amide bonds. The quantitative estimate of drug-likeness (QED) is 0.711. The average molecular weight is 293 g/mol. The summed E-state index contributed by atoms with van der Waals surface area (Å²) >= 11 is 0. The highest BCUT2D eigenvalue weighted by Gasteiger charge is 2.18. The van der Waals surface area contributed by atoms with Crippen LogP contribution in [0.15, 0.2) is 24.3 Å². The summed E-state index contributed by atoms with van der Waals surface area (Å²) < 4.78 is 10.7. The maximum absolute atomic E-state index is 11.7. The predicted molar refractivity (Wildman–Crippen MR) is 84.7 cm³/mol. The predicted octanol–water partition coefficient (Wildman–Crippen LogP) is 3.12. The average Bonchev–Trinajstić information content (AvgIpc) is 2.50. The number of carbonyl (C=O) groups excluding carboxylic acids is 1. The van der Waals surface area contributed by atoms with Crippen molar-refractivity contribution in [1.29, 1.82) is 0 Å². The van der Waals surface area contributed by atoms with E-state index in [9.17, 15) is 4.79 Å². The molecule has 0 aliphatic carbocycles. The molecule has 0 spiro atoms. The van der Waals surface area contributed by atoms with E-state index < -0.39 is 0 Å². The minimum Gasteiger partial charge on any atom is -0.493 e. The zero-order valence-electron chi connectivity index (χ0n) is 13.5. The molecular formula is C17H27NO3. The number of rotatable bonds is 9. The first-order valence-electron chi connectivity index (χ1n) is 7.63. The molecule has 1 rings (SSSR count). The van der Waals surface area contributed by atoms with E-state index in [1.807, 2.05) is 18.2 Å². The van der Waals surface area contributed by atoms with Gasteiger partial charge in [-0.1, -0.05) is 39.0 Å². The number of hydrogen-bond donors (Lipinski definition) is 1. The van der Waals surface area contributed by atoms with Crippen LogP contribution in [-0.2, 0) is 9.53 Å². The summed E-state index contributed by atoms with van der Waals surface area (Å²) in [4.78, 5) is 11.7. The molecule has 118 valence electrons. The van der Waals surface area contributed by atoms with Gasteiger partial charge in [-0.05, 0) is 30.5 Å². The van der Waals surface area contributed by atoms with Crippen molar-refractivity contribution < 1.29 is 14.3 Å². The summed E-state index contributed by atoms with van der Waals surface area (Å²) in [5.74, 6) is 1.08. The molecule has 0 fully saturated rings.